The van der Waals surface area contributed by atoms with Crippen molar-refractivity contribution in [3.05, 3.63) is 29.8 Å². The van der Waals surface area contributed by atoms with E-state index in [1.165, 1.54) is 12.1 Å². The summed E-state index contributed by atoms with van der Waals surface area (Å²) in [5.41, 5.74) is 0.222. The number of anilines is 1. The van der Waals surface area contributed by atoms with Crippen molar-refractivity contribution in [2.24, 2.45) is 0 Å². The maximum Gasteiger partial charge on any atom is 0.412 e. The second kappa shape index (κ2) is 9.57. The SMILES string of the molecule is CC[C@H]1CCCCN1C(=O)COC(=O)c1ccc(NC(=O)OC(C)(C)C)cc1. The van der Waals surface area contributed by atoms with E-state index in [1.54, 1.807) is 32.9 Å². The molecule has 0 aromatic heterocycles. The molecule has 1 aliphatic heterocycles. The molecular weight excluding hydrogens is 360 g/mol. The van der Waals surface area contributed by atoms with Crippen LogP contribution in [0.2, 0.25) is 0 Å². The average Bonchev–Trinajstić information content (AvgIpc) is 2.64. The van der Waals surface area contributed by atoms with E-state index in [1.807, 2.05) is 4.90 Å². The molecule has 7 heteroatoms. The van der Waals surface area contributed by atoms with Gasteiger partial charge >= 0.3 is 12.1 Å². The van der Waals surface area contributed by atoms with Gasteiger partial charge in [0.2, 0.25) is 0 Å². The summed E-state index contributed by atoms with van der Waals surface area (Å²) in [7, 11) is 0. The van der Waals surface area contributed by atoms with Crippen molar-refractivity contribution in [3.63, 3.8) is 0 Å². The molecule has 1 aliphatic rings. The zero-order valence-corrected chi connectivity index (χ0v) is 17.1. The number of hydrogen-bond donors (Lipinski definition) is 1. The first-order valence-electron chi connectivity index (χ1n) is 9.76. The molecule has 1 saturated heterocycles. The highest BCUT2D eigenvalue weighted by molar-refractivity contribution is 5.92. The monoisotopic (exact) mass is 390 g/mol. The van der Waals surface area contributed by atoms with E-state index < -0.39 is 17.7 Å². The van der Waals surface area contributed by atoms with Crippen LogP contribution < -0.4 is 5.32 Å². The number of nitrogens with one attached hydrogen (secondary N) is 1. The lowest BCUT2D eigenvalue weighted by Crippen LogP contribution is -2.45. The molecule has 2 rings (SSSR count). The Bertz CT molecular complexity index is 694. The summed E-state index contributed by atoms with van der Waals surface area (Å²) in [6.07, 6.45) is 3.46. The molecule has 7 nitrogen and oxygen atoms in total. The van der Waals surface area contributed by atoms with Gasteiger partial charge < -0.3 is 14.4 Å². The van der Waals surface area contributed by atoms with E-state index in [-0.39, 0.29) is 18.6 Å². The standard InChI is InChI=1S/C21H30N2O5/c1-5-17-8-6-7-13-23(17)18(24)14-27-19(25)15-9-11-16(12-10-15)22-20(26)28-21(2,3)4/h9-12,17H,5-8,13-14H2,1-4H3,(H,22,26)/t17-/m0/s1. The minimum absolute atomic E-state index is 0.150. The van der Waals surface area contributed by atoms with Crippen molar-refractivity contribution < 1.29 is 23.9 Å². The molecule has 28 heavy (non-hydrogen) atoms. The fourth-order valence-electron chi connectivity index (χ4n) is 3.16. The highest BCUT2D eigenvalue weighted by Crippen LogP contribution is 2.20. The van der Waals surface area contributed by atoms with Gasteiger partial charge in [-0.3, -0.25) is 10.1 Å². The van der Waals surface area contributed by atoms with E-state index in [2.05, 4.69) is 12.2 Å². The zero-order chi connectivity index (χ0) is 20.7. The van der Waals surface area contributed by atoms with Gasteiger partial charge in [0.25, 0.3) is 5.91 Å². The Hall–Kier alpha value is -2.57. The molecule has 1 aromatic carbocycles. The maximum atomic E-state index is 12.4. The maximum absolute atomic E-state index is 12.4. The summed E-state index contributed by atoms with van der Waals surface area (Å²) in [6, 6.07) is 6.48. The summed E-state index contributed by atoms with van der Waals surface area (Å²) < 4.78 is 10.4. The molecule has 0 radical (unpaired) electrons. The third-order valence-electron chi connectivity index (χ3n) is 4.51. The third-order valence-corrected chi connectivity index (χ3v) is 4.51. The minimum atomic E-state index is -0.592. The summed E-state index contributed by atoms with van der Waals surface area (Å²) >= 11 is 0. The number of rotatable bonds is 5. The van der Waals surface area contributed by atoms with Crippen molar-refractivity contribution in [1.29, 1.82) is 0 Å². The van der Waals surface area contributed by atoms with Gasteiger partial charge in [0.05, 0.1) is 5.56 Å². The second-order valence-corrected chi connectivity index (χ2v) is 7.93. The summed E-state index contributed by atoms with van der Waals surface area (Å²) in [4.78, 5) is 38.2. The topological polar surface area (TPSA) is 84.9 Å². The Morgan fingerprint density at radius 2 is 1.82 bits per heavy atom. The van der Waals surface area contributed by atoms with Gasteiger partial charge in [-0.25, -0.2) is 9.59 Å². The Morgan fingerprint density at radius 1 is 1.14 bits per heavy atom. The van der Waals surface area contributed by atoms with Crippen molar-refractivity contribution >= 4 is 23.7 Å². The molecule has 0 bridgehead atoms. The number of likely N-dealkylation sites (tertiary alicyclic amines) is 1. The number of esters is 1. The number of carbonyl (C=O) groups is 3. The smallest absolute Gasteiger partial charge is 0.412 e. The van der Waals surface area contributed by atoms with Gasteiger partial charge in [-0.2, -0.15) is 0 Å². The minimum Gasteiger partial charge on any atom is -0.452 e. The quantitative estimate of drug-likeness (QED) is 0.769. The van der Waals surface area contributed by atoms with E-state index in [0.717, 1.165) is 32.2 Å². The van der Waals surface area contributed by atoms with Crippen LogP contribution >= 0.6 is 0 Å². The second-order valence-electron chi connectivity index (χ2n) is 7.93. The van der Waals surface area contributed by atoms with Crippen LogP contribution in [0.1, 0.15) is 63.7 Å². The van der Waals surface area contributed by atoms with Crippen molar-refractivity contribution in [3.8, 4) is 0 Å². The molecule has 1 fully saturated rings. The lowest BCUT2D eigenvalue weighted by Gasteiger charge is -2.35. The van der Waals surface area contributed by atoms with Crippen LogP contribution in [0, 0.1) is 0 Å². The number of amides is 2. The Kier molecular flexibility index (Phi) is 7.43. The van der Waals surface area contributed by atoms with Crippen molar-refractivity contribution in [2.75, 3.05) is 18.5 Å². The number of carbonyl (C=O) groups excluding carboxylic acids is 3. The summed E-state index contributed by atoms with van der Waals surface area (Å²) in [5.74, 6) is -0.717. The van der Waals surface area contributed by atoms with Crippen LogP contribution in [0.15, 0.2) is 24.3 Å². The predicted molar refractivity (Wildman–Crippen MR) is 106 cm³/mol. The predicted octanol–water partition coefficient (Wildman–Crippen LogP) is 3.98. The van der Waals surface area contributed by atoms with Gasteiger partial charge in [0, 0.05) is 18.3 Å². The molecule has 0 saturated carbocycles. The molecule has 0 spiro atoms. The molecule has 0 unspecified atom stereocenters. The van der Waals surface area contributed by atoms with Crippen LogP contribution in [0.3, 0.4) is 0 Å². The summed E-state index contributed by atoms with van der Waals surface area (Å²) in [6.45, 7) is 7.86. The highest BCUT2D eigenvalue weighted by Gasteiger charge is 2.26. The van der Waals surface area contributed by atoms with Crippen LogP contribution in [-0.2, 0) is 14.3 Å². The Morgan fingerprint density at radius 3 is 2.43 bits per heavy atom. The number of ether oxygens (including phenoxy) is 2. The molecule has 0 aliphatic carbocycles. The molecule has 2 amide bonds. The zero-order valence-electron chi connectivity index (χ0n) is 17.1. The highest BCUT2D eigenvalue weighted by atomic mass is 16.6. The summed E-state index contributed by atoms with van der Waals surface area (Å²) in [5, 5.41) is 2.60. The van der Waals surface area contributed by atoms with Gasteiger partial charge in [-0.1, -0.05) is 6.92 Å². The van der Waals surface area contributed by atoms with Gasteiger partial charge in [-0.05, 0) is 70.7 Å². The largest absolute Gasteiger partial charge is 0.452 e. The normalized spacial score (nSPS) is 17.0. The fourth-order valence-corrected chi connectivity index (χ4v) is 3.16. The van der Waals surface area contributed by atoms with Crippen molar-refractivity contribution in [1.82, 2.24) is 4.90 Å². The first kappa shape index (κ1) is 21.7. The van der Waals surface area contributed by atoms with Crippen LogP contribution in [0.4, 0.5) is 10.5 Å². The van der Waals surface area contributed by atoms with Crippen LogP contribution in [0.5, 0.6) is 0 Å². The molecule has 1 aromatic rings. The van der Waals surface area contributed by atoms with Crippen LogP contribution in [0.25, 0.3) is 0 Å². The number of piperidine rings is 1. The number of nitrogens with zero attached hydrogens (tertiary/aromatic N) is 1. The number of benzene rings is 1. The lowest BCUT2D eigenvalue weighted by atomic mass is 10.00. The van der Waals surface area contributed by atoms with E-state index in [0.29, 0.717) is 11.3 Å². The molecular formula is C21H30N2O5. The average molecular weight is 390 g/mol. The molecule has 154 valence electrons. The van der Waals surface area contributed by atoms with Crippen molar-refractivity contribution in [2.45, 2.75) is 65.0 Å². The first-order chi connectivity index (χ1) is 13.2. The first-order valence-corrected chi connectivity index (χ1v) is 9.76. The Labute approximate surface area is 166 Å². The number of hydrogen-bond acceptors (Lipinski definition) is 5. The lowest BCUT2D eigenvalue weighted by molar-refractivity contribution is -0.138. The Balaban J connectivity index is 1.85. The van der Waals surface area contributed by atoms with E-state index >= 15 is 0 Å². The fraction of sp³-hybridized carbons (Fsp3) is 0.571. The third kappa shape index (κ3) is 6.55. The molecule has 1 heterocycles. The van der Waals surface area contributed by atoms with E-state index in [4.69, 9.17) is 9.47 Å². The molecule has 1 N–H and O–H groups in total. The molecule has 1 atom stereocenters. The van der Waals surface area contributed by atoms with E-state index in [9.17, 15) is 14.4 Å². The van der Waals surface area contributed by atoms with Gasteiger partial charge in [-0.15, -0.1) is 0 Å². The van der Waals surface area contributed by atoms with Crippen LogP contribution in [-0.4, -0.2) is 47.7 Å². The van der Waals surface area contributed by atoms with Gasteiger partial charge in [0.15, 0.2) is 6.61 Å². The van der Waals surface area contributed by atoms with Gasteiger partial charge in [0.1, 0.15) is 5.60 Å².